The van der Waals surface area contributed by atoms with Crippen LogP contribution < -0.4 is 15.5 Å². The number of thiocarbonyl (C=S) groups is 1. The van der Waals surface area contributed by atoms with Crippen LogP contribution >= 0.6 is 12.2 Å². The minimum atomic E-state index is -0.187. The van der Waals surface area contributed by atoms with E-state index in [0.29, 0.717) is 5.11 Å². The van der Waals surface area contributed by atoms with Crippen molar-refractivity contribution in [2.45, 2.75) is 45.3 Å². The van der Waals surface area contributed by atoms with E-state index in [1.54, 1.807) is 0 Å². The van der Waals surface area contributed by atoms with E-state index in [9.17, 15) is 4.79 Å². The fourth-order valence-corrected chi connectivity index (χ4v) is 4.58. The second-order valence-electron chi connectivity index (χ2n) is 9.50. The number of hydrogen-bond acceptors (Lipinski definition) is 4. The highest BCUT2D eigenvalue weighted by Gasteiger charge is 2.41. The number of hydrogen-bond donors (Lipinski definition) is 2. The van der Waals surface area contributed by atoms with E-state index in [1.807, 2.05) is 49.5 Å². The molecule has 1 aliphatic heterocycles. The number of aryl methyl sites for hydroxylation is 1. The zero-order valence-corrected chi connectivity index (χ0v) is 21.0. The number of nitrogens with zero attached hydrogens (tertiary/aromatic N) is 3. The van der Waals surface area contributed by atoms with Crippen molar-refractivity contribution in [1.29, 1.82) is 0 Å². The van der Waals surface area contributed by atoms with Gasteiger partial charge in [-0.2, -0.15) is 0 Å². The monoisotopic (exact) mass is 477 g/mol. The van der Waals surface area contributed by atoms with E-state index in [4.69, 9.17) is 17.0 Å². The van der Waals surface area contributed by atoms with Crippen molar-refractivity contribution < 1.29 is 9.53 Å². The summed E-state index contributed by atoms with van der Waals surface area (Å²) in [7, 11) is 1.50. The third-order valence-electron chi connectivity index (χ3n) is 5.97. The fourth-order valence-electron chi connectivity index (χ4n) is 4.23. The van der Waals surface area contributed by atoms with E-state index >= 15 is 0 Å². The summed E-state index contributed by atoms with van der Waals surface area (Å²) in [6.07, 6.45) is 6.11. The number of methoxy groups -OCH3 is 1. The first-order valence-corrected chi connectivity index (χ1v) is 11.7. The molecule has 1 saturated heterocycles. The summed E-state index contributed by atoms with van der Waals surface area (Å²) >= 11 is 5.83. The average molecular weight is 478 g/mol. The van der Waals surface area contributed by atoms with Crippen LogP contribution in [0.25, 0.3) is 0 Å². The third kappa shape index (κ3) is 4.83. The summed E-state index contributed by atoms with van der Waals surface area (Å²) in [6, 6.07) is 13.8. The Morgan fingerprint density at radius 2 is 2.03 bits per heavy atom. The van der Waals surface area contributed by atoms with Crippen LogP contribution in [-0.4, -0.2) is 34.3 Å². The van der Waals surface area contributed by atoms with E-state index < -0.39 is 0 Å². The summed E-state index contributed by atoms with van der Waals surface area (Å²) in [5.74, 6) is -0.187. The first kappa shape index (κ1) is 23.9. The molecule has 4 rings (SSSR count). The zero-order valence-electron chi connectivity index (χ0n) is 20.2. The lowest BCUT2D eigenvalue weighted by Crippen LogP contribution is -2.29. The van der Waals surface area contributed by atoms with Crippen LogP contribution in [0, 0.1) is 6.92 Å². The number of rotatable bonds is 6. The summed E-state index contributed by atoms with van der Waals surface area (Å²) in [6.45, 7) is 8.53. The molecule has 0 aliphatic carbocycles. The van der Waals surface area contributed by atoms with Crippen molar-refractivity contribution in [1.82, 2.24) is 14.9 Å². The van der Waals surface area contributed by atoms with Crippen LogP contribution in [0.15, 0.2) is 61.1 Å². The summed E-state index contributed by atoms with van der Waals surface area (Å²) in [5.41, 5.74) is 4.69. The Morgan fingerprint density at radius 1 is 1.24 bits per heavy atom. The standard InChI is InChI=1S/C26H31N5O2S/c1-17-14-19(9-10-20(17)28-22(32)16-33-5)31-24(18-11-13-30(15-18)26(2,3)4)23(29-25(31)34)21-8-6-7-12-27-21/h6-15,23-24H,16H2,1-5H3,(H,28,32)(H,29,34)/t23-,24+/m1/s1. The smallest absolute Gasteiger partial charge is 0.250 e. The highest BCUT2D eigenvalue weighted by Crippen LogP contribution is 2.42. The summed E-state index contributed by atoms with van der Waals surface area (Å²) < 4.78 is 7.14. The van der Waals surface area contributed by atoms with Gasteiger partial charge in [-0.05, 0) is 87.4 Å². The van der Waals surface area contributed by atoms with E-state index in [-0.39, 0.29) is 30.1 Å². The van der Waals surface area contributed by atoms with Crippen molar-refractivity contribution in [2.75, 3.05) is 23.9 Å². The van der Waals surface area contributed by atoms with Crippen LogP contribution in [0.4, 0.5) is 11.4 Å². The zero-order chi connectivity index (χ0) is 24.5. The Kier molecular flexibility index (Phi) is 6.72. The third-order valence-corrected chi connectivity index (χ3v) is 6.28. The number of pyridine rings is 1. The molecular weight excluding hydrogens is 446 g/mol. The van der Waals surface area contributed by atoms with Crippen LogP contribution in [0.3, 0.4) is 0 Å². The van der Waals surface area contributed by atoms with Crippen molar-refractivity contribution in [3.63, 3.8) is 0 Å². The van der Waals surface area contributed by atoms with Crippen molar-refractivity contribution >= 4 is 34.6 Å². The lowest BCUT2D eigenvalue weighted by molar-refractivity contribution is -0.119. The Balaban J connectivity index is 1.74. The van der Waals surface area contributed by atoms with Crippen LogP contribution in [-0.2, 0) is 15.1 Å². The maximum absolute atomic E-state index is 12.0. The molecule has 7 nitrogen and oxygen atoms in total. The molecule has 0 spiro atoms. The molecule has 1 aliphatic rings. The van der Waals surface area contributed by atoms with Gasteiger partial charge in [-0.25, -0.2) is 0 Å². The molecule has 1 fully saturated rings. The van der Waals surface area contributed by atoms with Gasteiger partial charge in [0.15, 0.2) is 5.11 Å². The number of ether oxygens (including phenoxy) is 1. The molecular formula is C26H31N5O2S. The maximum atomic E-state index is 12.0. The van der Waals surface area contributed by atoms with Crippen LogP contribution in [0.5, 0.6) is 0 Å². The minimum absolute atomic E-state index is 0.0138. The highest BCUT2D eigenvalue weighted by molar-refractivity contribution is 7.80. The van der Waals surface area contributed by atoms with Gasteiger partial charge in [0, 0.05) is 42.6 Å². The molecule has 2 aromatic heterocycles. The Labute approximate surface area is 206 Å². The average Bonchev–Trinajstić information content (AvgIpc) is 3.41. The van der Waals surface area contributed by atoms with Gasteiger partial charge < -0.3 is 24.8 Å². The van der Waals surface area contributed by atoms with E-state index in [1.165, 1.54) is 7.11 Å². The molecule has 2 atom stereocenters. The predicted octanol–water partition coefficient (Wildman–Crippen LogP) is 4.71. The normalized spacial score (nSPS) is 18.1. The van der Waals surface area contributed by atoms with Crippen LogP contribution in [0.2, 0.25) is 0 Å². The number of amides is 1. The topological polar surface area (TPSA) is 71.4 Å². The minimum Gasteiger partial charge on any atom is -0.375 e. The molecule has 8 heteroatoms. The van der Waals surface area contributed by atoms with E-state index in [0.717, 1.165) is 28.2 Å². The van der Waals surface area contributed by atoms with E-state index in [2.05, 4.69) is 64.3 Å². The van der Waals surface area contributed by atoms with Crippen LogP contribution in [0.1, 0.15) is 49.7 Å². The van der Waals surface area contributed by atoms with Crippen molar-refractivity contribution in [3.05, 3.63) is 77.9 Å². The molecule has 0 bridgehead atoms. The number of carbonyl (C=O) groups is 1. The largest absolute Gasteiger partial charge is 0.375 e. The molecule has 3 aromatic rings. The summed E-state index contributed by atoms with van der Waals surface area (Å²) in [4.78, 5) is 18.8. The molecule has 2 N–H and O–H groups in total. The van der Waals surface area contributed by atoms with Gasteiger partial charge in [-0.1, -0.05) is 6.07 Å². The van der Waals surface area contributed by atoms with Gasteiger partial charge in [0.2, 0.25) is 5.91 Å². The second kappa shape index (κ2) is 9.56. The number of aromatic nitrogens is 2. The lowest BCUT2D eigenvalue weighted by Gasteiger charge is -2.28. The molecule has 0 saturated carbocycles. The quantitative estimate of drug-likeness (QED) is 0.501. The number of anilines is 2. The lowest BCUT2D eigenvalue weighted by atomic mass is 9.98. The van der Waals surface area contributed by atoms with Gasteiger partial charge in [0.05, 0.1) is 17.8 Å². The molecule has 1 amide bonds. The summed E-state index contributed by atoms with van der Waals surface area (Å²) in [5, 5.41) is 7.03. The maximum Gasteiger partial charge on any atom is 0.250 e. The highest BCUT2D eigenvalue weighted by atomic mass is 32.1. The van der Waals surface area contributed by atoms with Crippen molar-refractivity contribution in [2.24, 2.45) is 0 Å². The molecule has 178 valence electrons. The first-order valence-electron chi connectivity index (χ1n) is 11.3. The number of benzene rings is 1. The van der Waals surface area contributed by atoms with Gasteiger partial charge in [0.25, 0.3) is 0 Å². The number of nitrogens with one attached hydrogen (secondary N) is 2. The second-order valence-corrected chi connectivity index (χ2v) is 9.89. The number of carbonyl (C=O) groups excluding carboxylic acids is 1. The fraction of sp³-hybridized carbons (Fsp3) is 0.346. The van der Waals surface area contributed by atoms with Gasteiger partial charge >= 0.3 is 0 Å². The molecule has 3 heterocycles. The Bertz CT molecular complexity index is 1190. The van der Waals surface area contributed by atoms with Gasteiger partial charge in [0.1, 0.15) is 6.61 Å². The van der Waals surface area contributed by atoms with Crippen molar-refractivity contribution in [3.8, 4) is 0 Å². The SMILES string of the molecule is COCC(=O)Nc1ccc(N2C(=S)N[C@H](c3ccccn3)[C@@H]2c2ccn(C(C)(C)C)c2)cc1C. The predicted molar refractivity (Wildman–Crippen MR) is 139 cm³/mol. The van der Waals surface area contributed by atoms with Gasteiger partial charge in [-0.15, -0.1) is 0 Å². The molecule has 0 unspecified atom stereocenters. The molecule has 0 radical (unpaired) electrons. The molecule has 34 heavy (non-hydrogen) atoms. The Hall–Kier alpha value is -3.23. The van der Waals surface area contributed by atoms with Gasteiger partial charge in [-0.3, -0.25) is 9.78 Å². The molecule has 1 aromatic carbocycles. The Morgan fingerprint density at radius 3 is 2.65 bits per heavy atom. The first-order chi connectivity index (χ1) is 16.2.